The molecular weight excluding hydrogens is 246 g/mol. The van der Waals surface area contributed by atoms with Crippen LogP contribution in [-0.4, -0.2) is 34.6 Å². The van der Waals surface area contributed by atoms with Gasteiger partial charge in [0.1, 0.15) is 5.69 Å². The molecule has 1 fully saturated rings. The van der Waals surface area contributed by atoms with E-state index in [1.165, 1.54) is 6.07 Å². The second-order valence-corrected chi connectivity index (χ2v) is 5.30. The Hall–Kier alpha value is -1.66. The van der Waals surface area contributed by atoms with Crippen LogP contribution in [0.1, 0.15) is 18.4 Å². The van der Waals surface area contributed by atoms with Crippen LogP contribution in [0.15, 0.2) is 18.2 Å². The van der Waals surface area contributed by atoms with Crippen molar-refractivity contribution in [2.24, 2.45) is 5.92 Å². The van der Waals surface area contributed by atoms with Gasteiger partial charge in [-0.05, 0) is 31.4 Å². The van der Waals surface area contributed by atoms with Crippen LogP contribution in [0.25, 0.3) is 0 Å². The topological polar surface area (TPSA) is 92.6 Å². The largest absolute Gasteiger partial charge is 0.393 e. The van der Waals surface area contributed by atoms with Gasteiger partial charge in [0, 0.05) is 19.2 Å². The highest BCUT2D eigenvalue weighted by Crippen LogP contribution is 2.29. The van der Waals surface area contributed by atoms with Crippen molar-refractivity contribution in [2.45, 2.75) is 25.5 Å². The highest BCUT2D eigenvalue weighted by molar-refractivity contribution is 5.62. The standard InChI is InChI=1S/C13H19N3O3/c1-15(7-9-5-11(17)6-9)8-10-3-2-4-12(13(10)14)16(18)19/h2-4,9,11,17H,5-8,14H2,1H3. The first-order valence-corrected chi connectivity index (χ1v) is 6.35. The van der Waals surface area contributed by atoms with Crippen molar-refractivity contribution in [3.8, 4) is 0 Å². The van der Waals surface area contributed by atoms with E-state index < -0.39 is 4.92 Å². The molecule has 0 radical (unpaired) electrons. The minimum atomic E-state index is -0.457. The van der Waals surface area contributed by atoms with Crippen molar-refractivity contribution in [3.05, 3.63) is 33.9 Å². The molecule has 6 heteroatoms. The number of para-hydroxylation sites is 1. The molecule has 0 aliphatic heterocycles. The van der Waals surface area contributed by atoms with Gasteiger partial charge in [-0.1, -0.05) is 12.1 Å². The third-order valence-corrected chi connectivity index (χ3v) is 3.59. The van der Waals surface area contributed by atoms with Gasteiger partial charge in [0.15, 0.2) is 0 Å². The lowest BCUT2D eigenvalue weighted by Gasteiger charge is -2.34. The van der Waals surface area contributed by atoms with Gasteiger partial charge in [0.25, 0.3) is 5.69 Å². The SMILES string of the molecule is CN(Cc1cccc([N+](=O)[O-])c1N)CC1CC(O)C1. The van der Waals surface area contributed by atoms with Gasteiger partial charge in [0.05, 0.1) is 11.0 Å². The minimum Gasteiger partial charge on any atom is -0.393 e. The highest BCUT2D eigenvalue weighted by Gasteiger charge is 2.28. The maximum atomic E-state index is 10.8. The molecule has 1 aliphatic rings. The van der Waals surface area contributed by atoms with Crippen molar-refractivity contribution in [1.29, 1.82) is 0 Å². The van der Waals surface area contributed by atoms with Gasteiger partial charge in [0.2, 0.25) is 0 Å². The molecule has 3 N–H and O–H groups in total. The molecule has 6 nitrogen and oxygen atoms in total. The number of aliphatic hydroxyl groups is 1. The molecule has 0 unspecified atom stereocenters. The summed E-state index contributed by atoms with van der Waals surface area (Å²) < 4.78 is 0. The van der Waals surface area contributed by atoms with Crippen molar-refractivity contribution in [1.82, 2.24) is 4.90 Å². The first kappa shape index (κ1) is 13.8. The Morgan fingerprint density at radius 2 is 2.21 bits per heavy atom. The molecule has 0 spiro atoms. The summed E-state index contributed by atoms with van der Waals surface area (Å²) in [5, 5.41) is 20.1. The van der Waals surface area contributed by atoms with Crippen molar-refractivity contribution in [3.63, 3.8) is 0 Å². The summed E-state index contributed by atoms with van der Waals surface area (Å²) in [6, 6.07) is 4.89. The Bertz CT molecular complexity index is 472. The Morgan fingerprint density at radius 1 is 1.53 bits per heavy atom. The van der Waals surface area contributed by atoms with Crippen molar-refractivity contribution < 1.29 is 10.0 Å². The van der Waals surface area contributed by atoms with E-state index in [4.69, 9.17) is 5.73 Å². The number of hydrogen-bond acceptors (Lipinski definition) is 5. The average Bonchev–Trinajstić information content (AvgIpc) is 2.29. The quantitative estimate of drug-likeness (QED) is 0.476. The Labute approximate surface area is 112 Å². The average molecular weight is 265 g/mol. The number of nitro groups is 1. The Kier molecular flexibility index (Phi) is 4.01. The van der Waals surface area contributed by atoms with E-state index in [1.54, 1.807) is 6.07 Å². The number of anilines is 1. The minimum absolute atomic E-state index is 0.0371. The summed E-state index contributed by atoms with van der Waals surface area (Å²) >= 11 is 0. The summed E-state index contributed by atoms with van der Waals surface area (Å²) in [6.45, 7) is 1.46. The number of nitrogens with two attached hydrogens (primary N) is 1. The molecule has 0 aromatic heterocycles. The maximum absolute atomic E-state index is 10.8. The van der Waals surface area contributed by atoms with E-state index in [1.807, 2.05) is 13.1 Å². The zero-order valence-electron chi connectivity index (χ0n) is 11.0. The fraction of sp³-hybridized carbons (Fsp3) is 0.538. The third-order valence-electron chi connectivity index (χ3n) is 3.59. The second kappa shape index (κ2) is 5.54. The molecule has 0 saturated heterocycles. The molecule has 1 aromatic rings. The molecule has 0 amide bonds. The predicted molar refractivity (Wildman–Crippen MR) is 72.6 cm³/mol. The molecule has 1 aromatic carbocycles. The van der Waals surface area contributed by atoms with Gasteiger partial charge in [-0.2, -0.15) is 0 Å². The number of hydrogen-bond donors (Lipinski definition) is 2. The van der Waals surface area contributed by atoms with Crippen LogP contribution < -0.4 is 5.73 Å². The molecule has 0 bridgehead atoms. The summed E-state index contributed by atoms with van der Waals surface area (Å²) in [7, 11) is 1.96. The van der Waals surface area contributed by atoms with E-state index in [0.717, 1.165) is 24.9 Å². The lowest BCUT2D eigenvalue weighted by Crippen LogP contribution is -2.36. The van der Waals surface area contributed by atoms with Crippen LogP contribution >= 0.6 is 0 Å². The van der Waals surface area contributed by atoms with Crippen molar-refractivity contribution in [2.75, 3.05) is 19.3 Å². The molecule has 19 heavy (non-hydrogen) atoms. The summed E-state index contributed by atoms with van der Waals surface area (Å²) in [5.74, 6) is 0.514. The predicted octanol–water partition coefficient (Wildman–Crippen LogP) is 1.38. The van der Waals surface area contributed by atoms with Crippen LogP contribution in [-0.2, 0) is 6.54 Å². The lowest BCUT2D eigenvalue weighted by atomic mass is 9.82. The van der Waals surface area contributed by atoms with Crippen LogP contribution in [0.3, 0.4) is 0 Å². The van der Waals surface area contributed by atoms with Crippen LogP contribution in [0, 0.1) is 16.0 Å². The number of rotatable bonds is 5. The van der Waals surface area contributed by atoms with Gasteiger partial charge >= 0.3 is 0 Å². The summed E-state index contributed by atoms with van der Waals surface area (Å²) in [4.78, 5) is 12.4. The van der Waals surface area contributed by atoms with E-state index in [9.17, 15) is 15.2 Å². The molecule has 1 aliphatic carbocycles. The molecule has 2 rings (SSSR count). The van der Waals surface area contributed by atoms with Crippen molar-refractivity contribution >= 4 is 11.4 Å². The molecule has 1 saturated carbocycles. The van der Waals surface area contributed by atoms with Crippen LogP contribution in [0.2, 0.25) is 0 Å². The number of aliphatic hydroxyl groups excluding tert-OH is 1. The molecule has 104 valence electrons. The highest BCUT2D eigenvalue weighted by atomic mass is 16.6. The first-order chi connectivity index (χ1) is 8.97. The van der Waals surface area contributed by atoms with Crippen LogP contribution in [0.5, 0.6) is 0 Å². The monoisotopic (exact) mass is 265 g/mol. The van der Waals surface area contributed by atoms with Gasteiger partial charge in [-0.25, -0.2) is 0 Å². The van der Waals surface area contributed by atoms with Crippen LogP contribution in [0.4, 0.5) is 11.4 Å². The third kappa shape index (κ3) is 3.21. The number of benzene rings is 1. The number of nitro benzene ring substituents is 1. The fourth-order valence-electron chi connectivity index (χ4n) is 2.54. The van der Waals surface area contributed by atoms with Gasteiger partial charge in [-0.3, -0.25) is 10.1 Å². The van der Waals surface area contributed by atoms with E-state index in [2.05, 4.69) is 4.90 Å². The molecular formula is C13H19N3O3. The molecule has 0 heterocycles. The summed E-state index contributed by atoms with van der Waals surface area (Å²) in [5.41, 5.74) is 6.80. The normalized spacial score (nSPS) is 22.3. The first-order valence-electron chi connectivity index (χ1n) is 6.35. The molecule has 0 atom stereocenters. The van der Waals surface area contributed by atoms with Gasteiger partial charge in [-0.15, -0.1) is 0 Å². The van der Waals surface area contributed by atoms with Gasteiger partial charge < -0.3 is 15.7 Å². The van der Waals surface area contributed by atoms with E-state index >= 15 is 0 Å². The number of nitrogens with zero attached hydrogens (tertiary/aromatic N) is 2. The maximum Gasteiger partial charge on any atom is 0.292 e. The second-order valence-electron chi connectivity index (χ2n) is 5.30. The smallest absolute Gasteiger partial charge is 0.292 e. The Balaban J connectivity index is 1.98. The zero-order valence-corrected chi connectivity index (χ0v) is 11.0. The van der Waals surface area contributed by atoms with E-state index in [0.29, 0.717) is 12.5 Å². The Morgan fingerprint density at radius 3 is 2.79 bits per heavy atom. The number of nitrogen functional groups attached to an aromatic ring is 1. The fourth-order valence-corrected chi connectivity index (χ4v) is 2.54. The van der Waals surface area contributed by atoms with E-state index in [-0.39, 0.29) is 17.5 Å². The summed E-state index contributed by atoms with van der Waals surface area (Å²) in [6.07, 6.45) is 1.53. The lowest BCUT2D eigenvalue weighted by molar-refractivity contribution is -0.384. The zero-order chi connectivity index (χ0) is 14.0.